The van der Waals surface area contributed by atoms with Crippen LogP contribution >= 0.6 is 0 Å². The Morgan fingerprint density at radius 1 is 1.22 bits per heavy atom. The van der Waals surface area contributed by atoms with Crippen LogP contribution in [0, 0.1) is 11.6 Å². The Hall–Kier alpha value is -2.63. The molecule has 0 bridgehead atoms. The van der Waals surface area contributed by atoms with Crippen LogP contribution in [0.3, 0.4) is 0 Å². The Morgan fingerprint density at radius 2 is 1.93 bits per heavy atom. The number of hydrogen-bond donors (Lipinski definition) is 1. The van der Waals surface area contributed by atoms with E-state index < -0.39 is 22.8 Å². The van der Waals surface area contributed by atoms with Crippen LogP contribution in [0.1, 0.15) is 44.4 Å². The molecule has 0 saturated carbocycles. The van der Waals surface area contributed by atoms with E-state index in [-0.39, 0.29) is 18.2 Å². The fourth-order valence-corrected chi connectivity index (χ4v) is 3.08. The summed E-state index contributed by atoms with van der Waals surface area (Å²) in [6.07, 6.45) is 0.454. The number of aliphatic carboxylic acids is 1. The van der Waals surface area contributed by atoms with Crippen molar-refractivity contribution in [2.45, 2.75) is 51.7 Å². The van der Waals surface area contributed by atoms with Gasteiger partial charge in [0.2, 0.25) is 0 Å². The van der Waals surface area contributed by atoms with Gasteiger partial charge >= 0.3 is 5.97 Å². The molecular weight excluding hydrogens is 354 g/mol. The maximum atomic E-state index is 14.4. The summed E-state index contributed by atoms with van der Waals surface area (Å²) < 4.78 is 39.8. The van der Waals surface area contributed by atoms with E-state index in [1.54, 1.807) is 6.07 Å². The molecule has 0 aromatic heterocycles. The average molecular weight is 376 g/mol. The summed E-state index contributed by atoms with van der Waals surface area (Å²) in [7, 11) is 0. The lowest BCUT2D eigenvalue weighted by Crippen LogP contribution is -2.28. The fourth-order valence-electron chi connectivity index (χ4n) is 3.08. The average Bonchev–Trinajstić information content (AvgIpc) is 2.91. The van der Waals surface area contributed by atoms with E-state index in [4.69, 9.17) is 9.47 Å². The number of halogens is 2. The standard InChI is InChI=1S/C21H22F2O4/c1-20(2)10-14-15(22)7-5-12(18(14)27-20)11-26-17-8-6-13(9-16(17)23)21(3,4)19(24)25/h5-9H,10-11H2,1-4H3,(H,24,25). The number of carboxylic acids is 1. The molecule has 0 aliphatic carbocycles. The van der Waals surface area contributed by atoms with E-state index in [0.717, 1.165) is 6.07 Å². The Kier molecular flexibility index (Phi) is 4.62. The third-order valence-electron chi connectivity index (χ3n) is 4.84. The van der Waals surface area contributed by atoms with Gasteiger partial charge in [-0.2, -0.15) is 0 Å². The Bertz CT molecular complexity index is 903. The minimum Gasteiger partial charge on any atom is -0.487 e. The third kappa shape index (κ3) is 3.61. The predicted octanol–water partition coefficient (Wildman–Crippen LogP) is 4.62. The van der Waals surface area contributed by atoms with Gasteiger partial charge in [-0.1, -0.05) is 6.07 Å². The molecule has 6 heteroatoms. The highest BCUT2D eigenvalue weighted by Crippen LogP contribution is 2.39. The largest absolute Gasteiger partial charge is 0.487 e. The summed E-state index contributed by atoms with van der Waals surface area (Å²) in [5.41, 5.74) is -0.246. The van der Waals surface area contributed by atoms with Gasteiger partial charge in [-0.15, -0.1) is 0 Å². The SMILES string of the molecule is CC1(C)Cc2c(F)ccc(COc3ccc(C(C)(C)C(=O)O)cc3F)c2O1. The maximum Gasteiger partial charge on any atom is 0.313 e. The lowest BCUT2D eigenvalue weighted by Gasteiger charge is -2.20. The van der Waals surface area contributed by atoms with Crippen molar-refractivity contribution in [3.63, 3.8) is 0 Å². The van der Waals surface area contributed by atoms with E-state index in [1.165, 1.54) is 32.0 Å². The van der Waals surface area contributed by atoms with Crippen LogP contribution in [0.5, 0.6) is 11.5 Å². The molecule has 144 valence electrons. The van der Waals surface area contributed by atoms with Crippen LogP contribution < -0.4 is 9.47 Å². The van der Waals surface area contributed by atoms with Gasteiger partial charge in [-0.25, -0.2) is 8.78 Å². The van der Waals surface area contributed by atoms with Crippen LogP contribution in [-0.4, -0.2) is 16.7 Å². The van der Waals surface area contributed by atoms with Crippen molar-refractivity contribution < 1.29 is 28.2 Å². The van der Waals surface area contributed by atoms with Crippen LogP contribution in [0.2, 0.25) is 0 Å². The first-order chi connectivity index (χ1) is 12.5. The number of rotatable bonds is 5. The summed E-state index contributed by atoms with van der Waals surface area (Å²) in [5.74, 6) is -1.58. The first-order valence-electron chi connectivity index (χ1n) is 8.67. The van der Waals surface area contributed by atoms with Gasteiger partial charge in [0.15, 0.2) is 11.6 Å². The fraction of sp³-hybridized carbons (Fsp3) is 0.381. The van der Waals surface area contributed by atoms with Crippen LogP contribution in [-0.2, 0) is 23.2 Å². The molecule has 3 rings (SSSR count). The van der Waals surface area contributed by atoms with Crippen molar-refractivity contribution in [1.29, 1.82) is 0 Å². The summed E-state index contributed by atoms with van der Waals surface area (Å²) in [6, 6.07) is 7.02. The number of hydrogen-bond acceptors (Lipinski definition) is 3. The molecule has 0 atom stereocenters. The van der Waals surface area contributed by atoms with Gasteiger partial charge in [0.1, 0.15) is 23.8 Å². The highest BCUT2D eigenvalue weighted by molar-refractivity contribution is 5.80. The van der Waals surface area contributed by atoms with Crippen molar-refractivity contribution >= 4 is 5.97 Å². The van der Waals surface area contributed by atoms with Crippen LogP contribution in [0.4, 0.5) is 8.78 Å². The second kappa shape index (κ2) is 6.51. The van der Waals surface area contributed by atoms with Gasteiger partial charge in [-0.3, -0.25) is 4.79 Å². The molecule has 0 fully saturated rings. The minimum absolute atomic E-state index is 0.00438. The van der Waals surface area contributed by atoms with Gasteiger partial charge in [-0.05, 0) is 57.5 Å². The lowest BCUT2D eigenvalue weighted by atomic mass is 9.85. The Balaban J connectivity index is 1.81. The molecule has 0 radical (unpaired) electrons. The van der Waals surface area contributed by atoms with Crippen molar-refractivity contribution in [1.82, 2.24) is 0 Å². The minimum atomic E-state index is -1.21. The maximum absolute atomic E-state index is 14.4. The zero-order valence-electron chi connectivity index (χ0n) is 15.7. The van der Waals surface area contributed by atoms with Crippen molar-refractivity contribution in [2.75, 3.05) is 0 Å². The zero-order chi connectivity index (χ0) is 20.0. The molecule has 0 amide bonds. The predicted molar refractivity (Wildman–Crippen MR) is 96.2 cm³/mol. The van der Waals surface area contributed by atoms with Crippen molar-refractivity contribution in [2.24, 2.45) is 0 Å². The van der Waals surface area contributed by atoms with E-state index >= 15 is 0 Å². The smallest absolute Gasteiger partial charge is 0.313 e. The van der Waals surface area contributed by atoms with Crippen LogP contribution in [0.25, 0.3) is 0 Å². The second-order valence-corrected chi connectivity index (χ2v) is 7.92. The van der Waals surface area contributed by atoms with Gasteiger partial charge < -0.3 is 14.6 Å². The van der Waals surface area contributed by atoms with Crippen molar-refractivity contribution in [3.05, 3.63) is 58.7 Å². The summed E-state index contributed by atoms with van der Waals surface area (Å²) in [4.78, 5) is 11.3. The molecule has 1 N–H and O–H groups in total. The number of carbonyl (C=O) groups is 1. The monoisotopic (exact) mass is 376 g/mol. The van der Waals surface area contributed by atoms with E-state index in [2.05, 4.69) is 0 Å². The summed E-state index contributed by atoms with van der Waals surface area (Å²) >= 11 is 0. The number of carboxylic acid groups (broad SMARTS) is 1. The molecule has 2 aromatic carbocycles. The molecule has 2 aromatic rings. The first kappa shape index (κ1) is 19.1. The molecule has 27 heavy (non-hydrogen) atoms. The van der Waals surface area contributed by atoms with Crippen LogP contribution in [0.15, 0.2) is 30.3 Å². The summed E-state index contributed by atoms with van der Waals surface area (Å²) in [5, 5.41) is 9.26. The molecule has 1 aliphatic heterocycles. The van der Waals surface area contributed by atoms with E-state index in [0.29, 0.717) is 28.9 Å². The lowest BCUT2D eigenvalue weighted by molar-refractivity contribution is -0.142. The normalized spacial score (nSPS) is 15.2. The summed E-state index contributed by atoms with van der Waals surface area (Å²) in [6.45, 7) is 6.77. The number of benzene rings is 2. The molecule has 4 nitrogen and oxygen atoms in total. The number of ether oxygens (including phenoxy) is 2. The van der Waals surface area contributed by atoms with Gasteiger partial charge in [0.25, 0.3) is 0 Å². The van der Waals surface area contributed by atoms with E-state index in [1.807, 2.05) is 13.8 Å². The van der Waals surface area contributed by atoms with Gasteiger partial charge in [0.05, 0.1) is 5.41 Å². The number of fused-ring (bicyclic) bond motifs is 1. The first-order valence-corrected chi connectivity index (χ1v) is 8.67. The molecule has 0 unspecified atom stereocenters. The quantitative estimate of drug-likeness (QED) is 0.827. The molecule has 1 heterocycles. The zero-order valence-corrected chi connectivity index (χ0v) is 15.7. The second-order valence-electron chi connectivity index (χ2n) is 7.92. The molecule has 0 saturated heterocycles. The highest BCUT2D eigenvalue weighted by Gasteiger charge is 2.34. The topological polar surface area (TPSA) is 55.8 Å². The molecule has 0 spiro atoms. The third-order valence-corrected chi connectivity index (χ3v) is 4.84. The van der Waals surface area contributed by atoms with Gasteiger partial charge in [0, 0.05) is 17.5 Å². The highest BCUT2D eigenvalue weighted by atomic mass is 19.1. The van der Waals surface area contributed by atoms with Crippen molar-refractivity contribution in [3.8, 4) is 11.5 Å². The molecular formula is C21H22F2O4. The Morgan fingerprint density at radius 3 is 2.56 bits per heavy atom. The Labute approximate surface area is 156 Å². The molecule has 1 aliphatic rings. The van der Waals surface area contributed by atoms with E-state index in [9.17, 15) is 18.7 Å².